The van der Waals surface area contributed by atoms with Gasteiger partial charge in [-0.1, -0.05) is 91.0 Å². The number of hydrogen-bond donors (Lipinski definition) is 0. The Balaban J connectivity index is 1.72. The van der Waals surface area contributed by atoms with Gasteiger partial charge in [0.15, 0.2) is 5.78 Å². The summed E-state index contributed by atoms with van der Waals surface area (Å²) in [6.45, 7) is 1.21. The Morgan fingerprint density at radius 3 is 1.72 bits per heavy atom. The van der Waals surface area contributed by atoms with Crippen molar-refractivity contribution in [3.8, 4) is 0 Å². The first-order valence-corrected chi connectivity index (χ1v) is 11.0. The Morgan fingerprint density at radius 2 is 1.25 bits per heavy atom. The van der Waals surface area contributed by atoms with Crippen LogP contribution in [0.2, 0.25) is 0 Å². The number of benzene rings is 3. The van der Waals surface area contributed by atoms with Crippen LogP contribution in [0.4, 0.5) is 0 Å². The molecule has 1 aliphatic rings. The summed E-state index contributed by atoms with van der Waals surface area (Å²) in [6, 6.07) is 35.5. The van der Waals surface area contributed by atoms with Crippen molar-refractivity contribution in [1.29, 1.82) is 0 Å². The van der Waals surface area contributed by atoms with E-state index in [4.69, 9.17) is 4.42 Å². The minimum Gasteiger partial charge on any atom is -0.465 e. The van der Waals surface area contributed by atoms with Gasteiger partial charge in [0.05, 0.1) is 11.8 Å². The van der Waals surface area contributed by atoms with E-state index in [1.54, 1.807) is 6.26 Å². The molecule has 0 saturated carbocycles. The third kappa shape index (κ3) is 3.61. The van der Waals surface area contributed by atoms with Crippen LogP contribution in [0.25, 0.3) is 6.08 Å². The summed E-state index contributed by atoms with van der Waals surface area (Å²) in [5, 5.41) is 0. The maximum absolute atomic E-state index is 12.9. The van der Waals surface area contributed by atoms with E-state index in [9.17, 15) is 4.79 Å². The molecule has 1 aromatic heterocycles. The zero-order chi connectivity index (χ0) is 21.8. The molecule has 0 amide bonds. The van der Waals surface area contributed by atoms with Gasteiger partial charge >= 0.3 is 0 Å². The number of piperidine rings is 1. The molecule has 5 rings (SSSR count). The fourth-order valence-electron chi connectivity index (χ4n) is 4.81. The second-order valence-electron chi connectivity index (χ2n) is 8.09. The van der Waals surface area contributed by atoms with Crippen LogP contribution in [0, 0.1) is 0 Å². The van der Waals surface area contributed by atoms with Crippen LogP contribution < -0.4 is 0 Å². The van der Waals surface area contributed by atoms with Crippen molar-refractivity contribution in [2.45, 2.75) is 12.0 Å². The molecule has 158 valence electrons. The van der Waals surface area contributed by atoms with E-state index in [0.29, 0.717) is 25.3 Å². The highest BCUT2D eigenvalue weighted by Gasteiger charge is 2.44. The van der Waals surface area contributed by atoms with Crippen molar-refractivity contribution in [3.05, 3.63) is 137 Å². The average Bonchev–Trinajstić information content (AvgIpc) is 3.37. The number of ketones is 1. The van der Waals surface area contributed by atoms with Crippen LogP contribution in [0.15, 0.2) is 119 Å². The van der Waals surface area contributed by atoms with Crippen LogP contribution >= 0.6 is 0 Å². The quantitative estimate of drug-likeness (QED) is 0.297. The van der Waals surface area contributed by atoms with Crippen molar-refractivity contribution in [2.75, 3.05) is 13.1 Å². The Bertz CT molecular complexity index is 1100. The van der Waals surface area contributed by atoms with Crippen molar-refractivity contribution in [2.24, 2.45) is 0 Å². The molecule has 2 heterocycles. The van der Waals surface area contributed by atoms with E-state index < -0.39 is 5.54 Å². The zero-order valence-corrected chi connectivity index (χ0v) is 17.9. The Labute approximate surface area is 188 Å². The molecule has 0 atom stereocenters. The lowest BCUT2D eigenvalue weighted by atomic mass is 9.74. The Morgan fingerprint density at radius 1 is 0.719 bits per heavy atom. The maximum Gasteiger partial charge on any atom is 0.161 e. The van der Waals surface area contributed by atoms with Gasteiger partial charge in [-0.05, 0) is 34.9 Å². The molecule has 4 aromatic rings. The summed E-state index contributed by atoms with van der Waals surface area (Å²) in [5.74, 6) is 0.890. The molecule has 1 aliphatic heterocycles. The first kappa shape index (κ1) is 20.2. The highest BCUT2D eigenvalue weighted by Crippen LogP contribution is 2.43. The molecular formula is C29H25NO2. The lowest BCUT2D eigenvalue weighted by molar-refractivity contribution is -0.117. The molecule has 32 heavy (non-hydrogen) atoms. The number of rotatable bonds is 5. The van der Waals surface area contributed by atoms with Crippen molar-refractivity contribution in [1.82, 2.24) is 4.90 Å². The molecule has 0 N–H and O–H groups in total. The minimum atomic E-state index is -0.521. The minimum absolute atomic E-state index is 0.181. The van der Waals surface area contributed by atoms with Gasteiger partial charge in [0.1, 0.15) is 5.76 Å². The number of Topliss-reactive ketones (excluding diaryl/α,β-unsaturated/α-hetero) is 1. The lowest BCUT2D eigenvalue weighted by Gasteiger charge is -2.47. The van der Waals surface area contributed by atoms with Gasteiger partial charge in [0.2, 0.25) is 0 Å². The Hall–Kier alpha value is -3.69. The third-order valence-electron chi connectivity index (χ3n) is 6.24. The molecule has 1 fully saturated rings. The van der Waals surface area contributed by atoms with E-state index in [0.717, 1.165) is 5.57 Å². The standard InChI is InChI=1S/C29H25NO2/c31-28-18-19-30(22-23(28)21-27-17-10-20-32-27)29(24-11-4-1-5-12-24,25-13-6-2-7-14-25)26-15-8-3-9-16-26/h1-17,20-21H,18-19,22H2/b23-21+. The van der Waals surface area contributed by atoms with E-state index in [2.05, 4.69) is 77.7 Å². The van der Waals surface area contributed by atoms with Crippen LogP contribution in [-0.2, 0) is 10.3 Å². The van der Waals surface area contributed by atoms with Gasteiger partial charge in [0.25, 0.3) is 0 Å². The number of carbonyl (C=O) groups is 1. The molecule has 3 aromatic carbocycles. The van der Waals surface area contributed by atoms with Crippen LogP contribution in [0.1, 0.15) is 28.9 Å². The normalized spacial score (nSPS) is 16.4. The average molecular weight is 420 g/mol. The van der Waals surface area contributed by atoms with Crippen molar-refractivity contribution >= 4 is 11.9 Å². The molecule has 1 saturated heterocycles. The summed E-state index contributed by atoms with van der Waals surface area (Å²) < 4.78 is 5.51. The summed E-state index contributed by atoms with van der Waals surface area (Å²) in [7, 11) is 0. The van der Waals surface area contributed by atoms with Gasteiger partial charge in [-0.2, -0.15) is 0 Å². The number of carbonyl (C=O) groups excluding carboxylic acids is 1. The predicted octanol–water partition coefficient (Wildman–Crippen LogP) is 5.93. The van der Waals surface area contributed by atoms with E-state index in [-0.39, 0.29) is 5.78 Å². The number of likely N-dealkylation sites (tertiary alicyclic amines) is 1. The topological polar surface area (TPSA) is 33.5 Å². The van der Waals surface area contributed by atoms with Crippen LogP contribution in [0.5, 0.6) is 0 Å². The SMILES string of the molecule is O=C1CCN(C(c2ccccc2)(c2ccccc2)c2ccccc2)C/C1=C\c1ccco1. The lowest BCUT2D eigenvalue weighted by Crippen LogP contribution is -2.52. The number of furan rings is 1. The van der Waals surface area contributed by atoms with Gasteiger partial charge in [-0.15, -0.1) is 0 Å². The molecule has 3 heteroatoms. The van der Waals surface area contributed by atoms with Gasteiger partial charge in [-0.3, -0.25) is 9.69 Å². The summed E-state index contributed by atoms with van der Waals surface area (Å²) in [5.41, 5.74) is 3.81. The fourth-order valence-corrected chi connectivity index (χ4v) is 4.81. The molecule has 3 nitrogen and oxygen atoms in total. The summed E-state index contributed by atoms with van der Waals surface area (Å²) >= 11 is 0. The first-order chi connectivity index (χ1) is 15.8. The zero-order valence-electron chi connectivity index (χ0n) is 17.9. The molecular weight excluding hydrogens is 394 g/mol. The maximum atomic E-state index is 12.9. The second-order valence-corrected chi connectivity index (χ2v) is 8.09. The summed E-state index contributed by atoms with van der Waals surface area (Å²) in [4.78, 5) is 15.3. The number of nitrogens with zero attached hydrogens (tertiary/aromatic N) is 1. The molecule has 0 radical (unpaired) electrons. The van der Waals surface area contributed by atoms with Crippen molar-refractivity contribution in [3.63, 3.8) is 0 Å². The smallest absolute Gasteiger partial charge is 0.161 e. The van der Waals surface area contributed by atoms with Crippen molar-refractivity contribution < 1.29 is 9.21 Å². The van der Waals surface area contributed by atoms with Gasteiger partial charge < -0.3 is 4.42 Å². The summed E-state index contributed by atoms with van der Waals surface area (Å²) in [6.07, 6.45) is 4.00. The van der Waals surface area contributed by atoms with E-state index in [1.807, 2.05) is 36.4 Å². The second kappa shape index (κ2) is 8.81. The van der Waals surface area contributed by atoms with Gasteiger partial charge in [-0.25, -0.2) is 0 Å². The van der Waals surface area contributed by atoms with E-state index >= 15 is 0 Å². The molecule has 0 bridgehead atoms. The monoisotopic (exact) mass is 419 g/mol. The fraction of sp³-hybridized carbons (Fsp3) is 0.138. The largest absolute Gasteiger partial charge is 0.465 e. The first-order valence-electron chi connectivity index (χ1n) is 11.0. The Kier molecular flexibility index (Phi) is 5.57. The number of hydrogen-bond acceptors (Lipinski definition) is 3. The third-order valence-corrected chi connectivity index (χ3v) is 6.24. The highest BCUT2D eigenvalue weighted by molar-refractivity contribution is 6.00. The molecule has 0 aliphatic carbocycles. The molecule has 0 unspecified atom stereocenters. The highest BCUT2D eigenvalue weighted by atomic mass is 16.3. The van der Waals surface area contributed by atoms with E-state index in [1.165, 1.54) is 16.7 Å². The molecule has 0 spiro atoms. The van der Waals surface area contributed by atoms with Gasteiger partial charge in [0, 0.05) is 25.1 Å². The van der Waals surface area contributed by atoms with Crippen LogP contribution in [0.3, 0.4) is 0 Å². The predicted molar refractivity (Wildman–Crippen MR) is 127 cm³/mol. The van der Waals surface area contributed by atoms with Crippen LogP contribution in [-0.4, -0.2) is 23.8 Å².